The largest absolute Gasteiger partial charge is 0.495 e. The van der Waals surface area contributed by atoms with Gasteiger partial charge in [-0.15, -0.1) is 0 Å². The Bertz CT molecular complexity index is 568. The molecule has 2 nitrogen and oxygen atoms in total. The quantitative estimate of drug-likeness (QED) is 0.912. The predicted octanol–water partition coefficient (Wildman–Crippen LogP) is 3.97. The number of methoxy groups -OCH3 is 1. The number of ether oxygens (including phenoxy) is 1. The third kappa shape index (κ3) is 3.09. The molecule has 2 aromatic carbocycles. The molecule has 2 rings (SSSR count). The summed E-state index contributed by atoms with van der Waals surface area (Å²) >= 11 is 6.07. The fourth-order valence-corrected chi connectivity index (χ4v) is 2.43. The van der Waals surface area contributed by atoms with Crippen LogP contribution in [0.3, 0.4) is 0 Å². The third-order valence-corrected chi connectivity index (χ3v) is 3.48. The molecule has 0 fully saturated rings. The van der Waals surface area contributed by atoms with Gasteiger partial charge in [0.15, 0.2) is 0 Å². The molecule has 100 valence electrons. The van der Waals surface area contributed by atoms with E-state index in [1.165, 1.54) is 11.1 Å². The van der Waals surface area contributed by atoms with E-state index in [2.05, 4.69) is 36.5 Å². The van der Waals surface area contributed by atoms with Gasteiger partial charge in [-0.2, -0.15) is 0 Å². The molecule has 1 N–H and O–H groups in total. The second kappa shape index (κ2) is 6.09. The molecular formula is C16H18ClNO. The number of rotatable bonds is 4. The highest BCUT2D eigenvalue weighted by Gasteiger charge is 2.14. The van der Waals surface area contributed by atoms with E-state index in [1.54, 1.807) is 7.11 Å². The first-order valence-corrected chi connectivity index (χ1v) is 6.60. The van der Waals surface area contributed by atoms with Crippen LogP contribution in [0.1, 0.15) is 22.7 Å². The summed E-state index contributed by atoms with van der Waals surface area (Å²) in [7, 11) is 3.58. The SMILES string of the molecule is CNC(c1cccc(C)c1)c1ccc(Cl)c(OC)c1. The summed E-state index contributed by atoms with van der Waals surface area (Å²) in [6, 6.07) is 14.5. The minimum atomic E-state index is 0.131. The number of nitrogens with one attached hydrogen (secondary N) is 1. The Kier molecular flexibility index (Phi) is 4.46. The number of aryl methyl sites for hydroxylation is 1. The minimum Gasteiger partial charge on any atom is -0.495 e. The smallest absolute Gasteiger partial charge is 0.137 e. The highest BCUT2D eigenvalue weighted by molar-refractivity contribution is 6.32. The van der Waals surface area contributed by atoms with Crippen LogP contribution in [-0.2, 0) is 0 Å². The molecule has 0 amide bonds. The van der Waals surface area contributed by atoms with Crippen LogP contribution in [0.15, 0.2) is 42.5 Å². The first-order valence-electron chi connectivity index (χ1n) is 6.23. The zero-order valence-electron chi connectivity index (χ0n) is 11.4. The van der Waals surface area contributed by atoms with Crippen LogP contribution in [0.4, 0.5) is 0 Å². The van der Waals surface area contributed by atoms with E-state index in [9.17, 15) is 0 Å². The van der Waals surface area contributed by atoms with Crippen LogP contribution in [0.5, 0.6) is 5.75 Å². The van der Waals surface area contributed by atoms with E-state index in [0.29, 0.717) is 10.8 Å². The Labute approximate surface area is 119 Å². The second-order valence-corrected chi connectivity index (χ2v) is 4.94. The van der Waals surface area contributed by atoms with E-state index in [-0.39, 0.29) is 6.04 Å². The van der Waals surface area contributed by atoms with Gasteiger partial charge < -0.3 is 10.1 Å². The van der Waals surface area contributed by atoms with Crippen molar-refractivity contribution >= 4 is 11.6 Å². The van der Waals surface area contributed by atoms with Crippen molar-refractivity contribution in [2.75, 3.05) is 14.2 Å². The molecule has 3 heteroatoms. The molecule has 0 bridgehead atoms. The van der Waals surface area contributed by atoms with Gasteiger partial charge in [0.25, 0.3) is 0 Å². The second-order valence-electron chi connectivity index (χ2n) is 4.53. The van der Waals surface area contributed by atoms with Gasteiger partial charge in [-0.25, -0.2) is 0 Å². The first kappa shape index (κ1) is 13.9. The van der Waals surface area contributed by atoms with Crippen molar-refractivity contribution in [2.24, 2.45) is 0 Å². The maximum atomic E-state index is 6.07. The van der Waals surface area contributed by atoms with Gasteiger partial charge in [-0.3, -0.25) is 0 Å². The van der Waals surface area contributed by atoms with Crippen molar-refractivity contribution in [1.29, 1.82) is 0 Å². The van der Waals surface area contributed by atoms with Crippen molar-refractivity contribution in [3.05, 3.63) is 64.2 Å². The molecular weight excluding hydrogens is 258 g/mol. The van der Waals surface area contributed by atoms with E-state index in [4.69, 9.17) is 16.3 Å². The van der Waals surface area contributed by atoms with Gasteiger partial charge in [-0.05, 0) is 37.2 Å². The van der Waals surface area contributed by atoms with Gasteiger partial charge in [0, 0.05) is 0 Å². The van der Waals surface area contributed by atoms with Gasteiger partial charge in [0.1, 0.15) is 5.75 Å². The molecule has 2 aromatic rings. The molecule has 0 aliphatic heterocycles. The number of hydrogen-bond donors (Lipinski definition) is 1. The normalized spacial score (nSPS) is 12.2. The monoisotopic (exact) mass is 275 g/mol. The molecule has 0 radical (unpaired) electrons. The standard InChI is InChI=1S/C16H18ClNO/c1-11-5-4-6-12(9-11)16(18-2)13-7-8-14(17)15(10-13)19-3/h4-10,16,18H,1-3H3. The van der Waals surface area contributed by atoms with Crippen molar-refractivity contribution in [1.82, 2.24) is 5.32 Å². The maximum Gasteiger partial charge on any atom is 0.137 e. The average molecular weight is 276 g/mol. The number of halogens is 1. The lowest BCUT2D eigenvalue weighted by Crippen LogP contribution is -2.17. The lowest BCUT2D eigenvalue weighted by molar-refractivity contribution is 0.414. The minimum absolute atomic E-state index is 0.131. The topological polar surface area (TPSA) is 21.3 Å². The molecule has 19 heavy (non-hydrogen) atoms. The third-order valence-electron chi connectivity index (χ3n) is 3.17. The van der Waals surface area contributed by atoms with E-state index >= 15 is 0 Å². The first-order chi connectivity index (χ1) is 9.15. The van der Waals surface area contributed by atoms with Crippen molar-refractivity contribution < 1.29 is 4.74 Å². The molecule has 0 aliphatic rings. The van der Waals surface area contributed by atoms with Crippen molar-refractivity contribution in [3.63, 3.8) is 0 Å². The molecule has 1 atom stereocenters. The lowest BCUT2D eigenvalue weighted by Gasteiger charge is -2.19. The van der Waals surface area contributed by atoms with Gasteiger partial charge in [0.05, 0.1) is 18.2 Å². The van der Waals surface area contributed by atoms with E-state index < -0.39 is 0 Å². The van der Waals surface area contributed by atoms with Crippen LogP contribution in [-0.4, -0.2) is 14.2 Å². The zero-order chi connectivity index (χ0) is 13.8. The van der Waals surface area contributed by atoms with Crippen LogP contribution in [0, 0.1) is 6.92 Å². The van der Waals surface area contributed by atoms with Gasteiger partial charge in [0.2, 0.25) is 0 Å². The Balaban J connectivity index is 2.42. The summed E-state index contributed by atoms with van der Waals surface area (Å²) in [5, 5.41) is 3.96. The summed E-state index contributed by atoms with van der Waals surface area (Å²) in [4.78, 5) is 0. The summed E-state index contributed by atoms with van der Waals surface area (Å²) in [6.45, 7) is 2.10. The maximum absolute atomic E-state index is 6.07. The number of benzene rings is 2. The Morgan fingerprint density at radius 3 is 2.47 bits per heavy atom. The van der Waals surface area contributed by atoms with Crippen LogP contribution < -0.4 is 10.1 Å². The van der Waals surface area contributed by atoms with Crippen molar-refractivity contribution in [3.8, 4) is 5.75 Å². The zero-order valence-corrected chi connectivity index (χ0v) is 12.2. The molecule has 1 unspecified atom stereocenters. The fraction of sp³-hybridized carbons (Fsp3) is 0.250. The van der Waals surface area contributed by atoms with Crippen molar-refractivity contribution in [2.45, 2.75) is 13.0 Å². The van der Waals surface area contributed by atoms with E-state index in [1.807, 2.05) is 25.2 Å². The highest BCUT2D eigenvalue weighted by atomic mass is 35.5. The van der Waals surface area contributed by atoms with Crippen LogP contribution >= 0.6 is 11.6 Å². The molecule has 0 aromatic heterocycles. The Morgan fingerprint density at radius 1 is 1.11 bits per heavy atom. The summed E-state index contributed by atoms with van der Waals surface area (Å²) in [5.41, 5.74) is 3.61. The molecule has 0 saturated carbocycles. The molecule has 0 spiro atoms. The fourth-order valence-electron chi connectivity index (χ4n) is 2.23. The number of hydrogen-bond acceptors (Lipinski definition) is 2. The highest BCUT2D eigenvalue weighted by Crippen LogP contribution is 2.30. The summed E-state index contributed by atoms with van der Waals surface area (Å²) in [5.74, 6) is 0.701. The van der Waals surface area contributed by atoms with Crippen LogP contribution in [0.2, 0.25) is 5.02 Å². The Hall–Kier alpha value is -1.51. The molecule has 0 saturated heterocycles. The van der Waals surface area contributed by atoms with Gasteiger partial charge >= 0.3 is 0 Å². The summed E-state index contributed by atoms with van der Waals surface area (Å²) < 4.78 is 5.28. The van der Waals surface area contributed by atoms with Gasteiger partial charge in [-0.1, -0.05) is 47.5 Å². The molecule has 0 aliphatic carbocycles. The average Bonchev–Trinajstić information content (AvgIpc) is 2.41. The molecule has 0 heterocycles. The van der Waals surface area contributed by atoms with E-state index in [0.717, 1.165) is 5.56 Å². The Morgan fingerprint density at radius 2 is 1.84 bits per heavy atom. The lowest BCUT2D eigenvalue weighted by atomic mass is 9.97. The summed E-state index contributed by atoms with van der Waals surface area (Å²) in [6.07, 6.45) is 0. The predicted molar refractivity (Wildman–Crippen MR) is 80.1 cm³/mol. The van der Waals surface area contributed by atoms with Crippen LogP contribution in [0.25, 0.3) is 0 Å².